The zero-order valence-corrected chi connectivity index (χ0v) is 21.6. The van der Waals surface area contributed by atoms with Gasteiger partial charge in [-0.05, 0) is 55.3 Å². The highest BCUT2D eigenvalue weighted by atomic mass is 32.2. The van der Waals surface area contributed by atoms with Crippen LogP contribution in [-0.4, -0.2) is 13.9 Å². The van der Waals surface area contributed by atoms with Gasteiger partial charge < -0.3 is 0 Å². The summed E-state index contributed by atoms with van der Waals surface area (Å²) in [6.07, 6.45) is 0. The second-order valence-electron chi connectivity index (χ2n) is 9.07. The Morgan fingerprint density at radius 3 is 1.50 bits per heavy atom. The zero-order valence-electron chi connectivity index (χ0n) is 19.9. The molecule has 170 valence electrons. The van der Waals surface area contributed by atoms with E-state index < -0.39 is 17.9 Å². The first-order valence-electron chi connectivity index (χ1n) is 11.1. The molecule has 0 aromatic heterocycles. The van der Waals surface area contributed by atoms with Crippen molar-refractivity contribution in [2.75, 3.05) is 10.2 Å². The van der Waals surface area contributed by atoms with Crippen molar-refractivity contribution in [1.29, 1.82) is 0 Å². The molecule has 0 saturated carbocycles. The summed E-state index contributed by atoms with van der Waals surface area (Å²) in [7, 11) is -4.64. The third-order valence-corrected chi connectivity index (χ3v) is 10.4. The van der Waals surface area contributed by atoms with Crippen LogP contribution in [0.5, 0.6) is 0 Å². The number of sulfonamides is 1. The lowest BCUT2D eigenvalue weighted by atomic mass is 9.93. The average molecular weight is 468 g/mol. The Balaban J connectivity index is 2.01. The molecule has 0 amide bonds. The van der Waals surface area contributed by atoms with Gasteiger partial charge in [0.05, 0.1) is 11.2 Å². The lowest BCUT2D eigenvalue weighted by Gasteiger charge is -2.23. The van der Waals surface area contributed by atoms with E-state index in [2.05, 4.69) is 80.9 Å². The minimum Gasteiger partial charge on any atom is -0.283 e. The van der Waals surface area contributed by atoms with E-state index in [-0.39, 0.29) is 17.3 Å². The lowest BCUT2D eigenvalue weighted by Crippen LogP contribution is -2.24. The first kappa shape index (κ1) is 24.5. The van der Waals surface area contributed by atoms with Crippen molar-refractivity contribution >= 4 is 34.2 Å². The van der Waals surface area contributed by atoms with Crippen LogP contribution in [0, 0.1) is 13.8 Å². The van der Waals surface area contributed by atoms with Gasteiger partial charge in [0.2, 0.25) is 10.0 Å². The summed E-state index contributed by atoms with van der Waals surface area (Å²) in [5.41, 5.74) is 5.21. The number of para-hydroxylation sites is 1. The molecule has 0 saturated heterocycles. The Labute approximate surface area is 195 Å². The summed E-state index contributed by atoms with van der Waals surface area (Å²) in [5.74, 6) is 0.448. The summed E-state index contributed by atoms with van der Waals surface area (Å²) in [6, 6.07) is 22.6. The third-order valence-electron chi connectivity index (χ3n) is 5.62. The number of aryl methyl sites for hydroxylation is 2. The highest BCUT2D eigenvalue weighted by molar-refractivity contribution is 8.01. The van der Waals surface area contributed by atoms with E-state index in [1.54, 1.807) is 0 Å². The quantitative estimate of drug-likeness (QED) is 0.391. The predicted octanol–water partition coefficient (Wildman–Crippen LogP) is 6.38. The molecular formula is C27H34NO2PS. The summed E-state index contributed by atoms with van der Waals surface area (Å²) in [4.78, 5) is 0. The van der Waals surface area contributed by atoms with Crippen molar-refractivity contribution in [3.8, 4) is 0 Å². The van der Waals surface area contributed by atoms with Gasteiger partial charge in [-0.2, -0.15) is 0 Å². The van der Waals surface area contributed by atoms with Crippen LogP contribution in [0.4, 0.5) is 5.69 Å². The SMILES string of the molecule is Cc1ccc(P(CS(=O)(=O)Nc2c(C(C)C)cccc2C(C)C)c2ccc(C)cc2)cc1. The topological polar surface area (TPSA) is 46.2 Å². The number of hydrogen-bond acceptors (Lipinski definition) is 2. The fourth-order valence-electron chi connectivity index (χ4n) is 3.77. The van der Waals surface area contributed by atoms with E-state index in [9.17, 15) is 8.42 Å². The molecule has 0 bridgehead atoms. The molecule has 0 fully saturated rings. The highest BCUT2D eigenvalue weighted by Gasteiger charge is 2.25. The Morgan fingerprint density at radius 2 is 1.12 bits per heavy atom. The number of hydrogen-bond donors (Lipinski definition) is 1. The van der Waals surface area contributed by atoms with Gasteiger partial charge in [-0.25, -0.2) is 8.42 Å². The van der Waals surface area contributed by atoms with Crippen LogP contribution in [0.2, 0.25) is 0 Å². The summed E-state index contributed by atoms with van der Waals surface area (Å²) in [5, 5.41) is 2.14. The molecule has 5 heteroatoms. The molecule has 0 aliphatic rings. The summed E-state index contributed by atoms with van der Waals surface area (Å²) >= 11 is 0. The van der Waals surface area contributed by atoms with Crippen molar-refractivity contribution in [2.45, 2.75) is 53.4 Å². The van der Waals surface area contributed by atoms with Crippen LogP contribution in [0.3, 0.4) is 0 Å². The van der Waals surface area contributed by atoms with Crippen molar-refractivity contribution < 1.29 is 8.42 Å². The molecule has 3 aromatic carbocycles. The molecular weight excluding hydrogens is 433 g/mol. The Bertz CT molecular complexity index is 1080. The monoisotopic (exact) mass is 467 g/mol. The molecule has 0 aliphatic carbocycles. The third kappa shape index (κ3) is 5.99. The van der Waals surface area contributed by atoms with Gasteiger partial charge in [-0.15, -0.1) is 0 Å². The van der Waals surface area contributed by atoms with E-state index in [1.807, 2.05) is 32.0 Å². The van der Waals surface area contributed by atoms with Crippen molar-refractivity contribution in [3.05, 3.63) is 89.0 Å². The second kappa shape index (κ2) is 10.2. The van der Waals surface area contributed by atoms with E-state index in [0.717, 1.165) is 27.4 Å². The minimum absolute atomic E-state index is 0.0540. The van der Waals surface area contributed by atoms with Gasteiger partial charge in [0.25, 0.3) is 0 Å². The molecule has 3 rings (SSSR count). The van der Waals surface area contributed by atoms with E-state index in [0.29, 0.717) is 0 Å². The van der Waals surface area contributed by atoms with Gasteiger partial charge in [0, 0.05) is 0 Å². The first-order valence-corrected chi connectivity index (χ1v) is 14.3. The normalized spacial score (nSPS) is 12.0. The molecule has 3 nitrogen and oxygen atoms in total. The lowest BCUT2D eigenvalue weighted by molar-refractivity contribution is 0.605. The maximum absolute atomic E-state index is 13.5. The number of nitrogens with one attached hydrogen (secondary N) is 1. The van der Waals surface area contributed by atoms with Crippen LogP contribution < -0.4 is 15.3 Å². The summed E-state index contributed by atoms with van der Waals surface area (Å²) < 4.78 is 30.1. The van der Waals surface area contributed by atoms with Crippen molar-refractivity contribution in [3.63, 3.8) is 0 Å². The Kier molecular flexibility index (Phi) is 7.79. The van der Waals surface area contributed by atoms with Crippen molar-refractivity contribution in [1.82, 2.24) is 0 Å². The minimum atomic E-state index is -3.58. The molecule has 0 radical (unpaired) electrons. The second-order valence-corrected chi connectivity index (χ2v) is 13.4. The van der Waals surface area contributed by atoms with E-state index in [1.165, 1.54) is 11.1 Å². The molecule has 0 atom stereocenters. The fourth-order valence-corrected chi connectivity index (χ4v) is 8.45. The van der Waals surface area contributed by atoms with Gasteiger partial charge in [0.15, 0.2) is 0 Å². The highest BCUT2D eigenvalue weighted by Crippen LogP contribution is 2.38. The Hall–Kier alpha value is -2.16. The molecule has 3 aromatic rings. The van der Waals surface area contributed by atoms with Crippen LogP contribution in [-0.2, 0) is 10.0 Å². The molecule has 0 heterocycles. The fraction of sp³-hybridized carbons (Fsp3) is 0.333. The zero-order chi connectivity index (χ0) is 23.5. The average Bonchev–Trinajstić information content (AvgIpc) is 2.73. The molecule has 0 spiro atoms. The van der Waals surface area contributed by atoms with Crippen LogP contribution in [0.1, 0.15) is 61.8 Å². The van der Waals surface area contributed by atoms with Gasteiger partial charge >= 0.3 is 0 Å². The first-order chi connectivity index (χ1) is 15.1. The number of benzene rings is 3. The van der Waals surface area contributed by atoms with Crippen molar-refractivity contribution in [2.24, 2.45) is 0 Å². The smallest absolute Gasteiger partial charge is 0.237 e. The van der Waals surface area contributed by atoms with Crippen LogP contribution in [0.15, 0.2) is 66.7 Å². The molecule has 1 N–H and O–H groups in total. The van der Waals surface area contributed by atoms with Gasteiger partial charge in [-0.3, -0.25) is 4.72 Å². The van der Waals surface area contributed by atoms with Gasteiger partial charge in [0.1, 0.15) is 0 Å². The summed E-state index contributed by atoms with van der Waals surface area (Å²) in [6.45, 7) is 12.5. The standard InChI is InChI=1S/C27H34NO2PS/c1-19(2)25-8-7-9-26(20(3)4)27(25)28-32(29,30)18-31(23-14-10-21(5)11-15-23)24-16-12-22(6)13-17-24/h7-17,19-20,28H,18H2,1-6H3. The maximum atomic E-state index is 13.5. The van der Waals surface area contributed by atoms with Crippen LogP contribution in [0.25, 0.3) is 0 Å². The molecule has 32 heavy (non-hydrogen) atoms. The van der Waals surface area contributed by atoms with E-state index >= 15 is 0 Å². The largest absolute Gasteiger partial charge is 0.283 e. The maximum Gasteiger partial charge on any atom is 0.237 e. The van der Waals surface area contributed by atoms with Gasteiger partial charge in [-0.1, -0.05) is 106 Å². The number of anilines is 1. The number of rotatable bonds is 8. The molecule has 0 unspecified atom stereocenters. The van der Waals surface area contributed by atoms with E-state index in [4.69, 9.17) is 0 Å². The molecule has 0 aliphatic heterocycles. The predicted molar refractivity (Wildman–Crippen MR) is 141 cm³/mol. The Morgan fingerprint density at radius 1 is 0.719 bits per heavy atom. The van der Waals surface area contributed by atoms with Crippen LogP contribution >= 0.6 is 7.92 Å².